The molecule has 0 spiro atoms. The molecule has 0 amide bonds. The third-order valence-electron chi connectivity index (χ3n) is 2.77. The monoisotopic (exact) mass is 288 g/mol. The van der Waals surface area contributed by atoms with Crippen LogP contribution in [-0.2, 0) is 9.59 Å². The van der Waals surface area contributed by atoms with Crippen LogP contribution in [0.2, 0.25) is 0 Å². The topological polar surface area (TPSA) is 52.6 Å². The Bertz CT molecular complexity index is 530. The number of hydrogen-bond acceptors (Lipinski definition) is 4. The molecule has 1 rings (SSSR count). The average molecular weight is 288 g/mol. The zero-order chi connectivity index (χ0) is 15.5. The number of benzene rings is 1. The molecule has 0 atom stereocenters. The summed E-state index contributed by atoms with van der Waals surface area (Å²) in [6.45, 7) is 1.95. The van der Waals surface area contributed by atoms with Crippen molar-refractivity contribution < 1.29 is 19.1 Å². The van der Waals surface area contributed by atoms with E-state index in [2.05, 4.69) is 0 Å². The molecule has 4 heteroatoms. The molecule has 0 bridgehead atoms. The van der Waals surface area contributed by atoms with Crippen LogP contribution in [-0.4, -0.2) is 19.4 Å². The van der Waals surface area contributed by atoms with Crippen molar-refractivity contribution in [3.8, 4) is 11.5 Å². The predicted octanol–water partition coefficient (Wildman–Crippen LogP) is 3.56. The second-order valence-corrected chi connectivity index (χ2v) is 4.34. The summed E-state index contributed by atoms with van der Waals surface area (Å²) in [5, 5.41) is 0. The molecule has 0 N–H and O–H groups in total. The summed E-state index contributed by atoms with van der Waals surface area (Å²) in [5.41, 5.74) is 0.798. The molecule has 0 unspecified atom stereocenters. The maximum absolute atomic E-state index is 11.7. The number of unbranched alkanes of at least 4 members (excludes halogenated alkanes) is 1. The SMILES string of the molecule is CC=CCCCC(=O)Oc1ccc(/C=C/C=O)cc1OC. The average Bonchev–Trinajstić information content (AvgIpc) is 2.50. The molecule has 0 aliphatic heterocycles. The Hall–Kier alpha value is -2.36. The molecule has 0 aliphatic rings. The van der Waals surface area contributed by atoms with E-state index in [0.717, 1.165) is 18.4 Å². The lowest BCUT2D eigenvalue weighted by atomic mass is 10.2. The normalized spacial score (nSPS) is 11.0. The quantitative estimate of drug-likeness (QED) is 0.183. The number of rotatable bonds is 8. The first-order valence-electron chi connectivity index (χ1n) is 6.83. The molecule has 112 valence electrons. The highest BCUT2D eigenvalue weighted by Gasteiger charge is 2.10. The van der Waals surface area contributed by atoms with Gasteiger partial charge in [-0.25, -0.2) is 0 Å². The fourth-order valence-corrected chi connectivity index (χ4v) is 1.73. The number of esters is 1. The van der Waals surface area contributed by atoms with Crippen molar-refractivity contribution in [2.45, 2.75) is 26.2 Å². The molecule has 0 saturated carbocycles. The summed E-state index contributed by atoms with van der Waals surface area (Å²) in [4.78, 5) is 22.0. The highest BCUT2D eigenvalue weighted by molar-refractivity contribution is 5.76. The largest absolute Gasteiger partial charge is 0.493 e. The lowest BCUT2D eigenvalue weighted by Gasteiger charge is -2.09. The Morgan fingerprint density at radius 2 is 2.10 bits per heavy atom. The zero-order valence-electron chi connectivity index (χ0n) is 12.4. The number of carbonyl (C=O) groups excluding carboxylic acids is 2. The summed E-state index contributed by atoms with van der Waals surface area (Å²) in [6.07, 6.45) is 9.69. The van der Waals surface area contributed by atoms with Gasteiger partial charge in [0.05, 0.1) is 7.11 Å². The van der Waals surface area contributed by atoms with E-state index in [1.165, 1.54) is 13.2 Å². The number of aldehydes is 1. The number of hydrogen-bond donors (Lipinski definition) is 0. The lowest BCUT2D eigenvalue weighted by Crippen LogP contribution is -2.08. The van der Waals surface area contributed by atoms with Gasteiger partial charge < -0.3 is 9.47 Å². The molecule has 1 aromatic carbocycles. The van der Waals surface area contributed by atoms with Crippen LogP contribution in [0.25, 0.3) is 6.08 Å². The standard InChI is InChI=1S/C17H20O4/c1-3-4-5-6-9-17(19)21-15-11-10-14(8-7-12-18)13-16(15)20-2/h3-4,7-8,10-13H,5-6,9H2,1-2H3/b4-3?,8-7+. The minimum absolute atomic E-state index is 0.283. The van der Waals surface area contributed by atoms with E-state index in [9.17, 15) is 9.59 Å². The third kappa shape index (κ3) is 6.08. The van der Waals surface area contributed by atoms with Gasteiger partial charge in [0.15, 0.2) is 11.5 Å². The zero-order valence-corrected chi connectivity index (χ0v) is 12.4. The van der Waals surface area contributed by atoms with E-state index in [1.54, 1.807) is 24.3 Å². The minimum Gasteiger partial charge on any atom is -0.493 e. The number of carbonyl (C=O) groups is 2. The van der Waals surface area contributed by atoms with Crippen molar-refractivity contribution in [3.63, 3.8) is 0 Å². The third-order valence-corrected chi connectivity index (χ3v) is 2.77. The summed E-state index contributed by atoms with van der Waals surface area (Å²) in [5.74, 6) is 0.565. The van der Waals surface area contributed by atoms with Gasteiger partial charge >= 0.3 is 5.97 Å². The van der Waals surface area contributed by atoms with E-state index in [1.807, 2.05) is 19.1 Å². The Labute approximate surface area is 125 Å². The molecular formula is C17H20O4. The van der Waals surface area contributed by atoms with E-state index in [4.69, 9.17) is 9.47 Å². The molecule has 4 nitrogen and oxygen atoms in total. The molecule has 0 radical (unpaired) electrons. The van der Waals surface area contributed by atoms with Crippen molar-refractivity contribution in [1.82, 2.24) is 0 Å². The van der Waals surface area contributed by atoms with Gasteiger partial charge in [-0.1, -0.05) is 24.3 Å². The number of ether oxygens (including phenoxy) is 2. The highest BCUT2D eigenvalue weighted by Crippen LogP contribution is 2.29. The first kappa shape index (κ1) is 16.7. The first-order chi connectivity index (χ1) is 10.2. The first-order valence-corrected chi connectivity index (χ1v) is 6.83. The van der Waals surface area contributed by atoms with Crippen molar-refractivity contribution in [2.24, 2.45) is 0 Å². The Morgan fingerprint density at radius 3 is 2.76 bits per heavy atom. The van der Waals surface area contributed by atoms with Gasteiger partial charge in [0, 0.05) is 6.42 Å². The Balaban J connectivity index is 2.67. The van der Waals surface area contributed by atoms with Gasteiger partial charge in [0.2, 0.25) is 0 Å². The summed E-state index contributed by atoms with van der Waals surface area (Å²) in [7, 11) is 1.51. The van der Waals surface area contributed by atoms with Gasteiger partial charge in [-0.2, -0.15) is 0 Å². The van der Waals surface area contributed by atoms with Crippen LogP contribution in [0.5, 0.6) is 11.5 Å². The maximum Gasteiger partial charge on any atom is 0.311 e. The number of methoxy groups -OCH3 is 1. The van der Waals surface area contributed by atoms with Crippen LogP contribution in [0.15, 0.2) is 36.4 Å². The van der Waals surface area contributed by atoms with E-state index >= 15 is 0 Å². The van der Waals surface area contributed by atoms with Crippen LogP contribution < -0.4 is 9.47 Å². The fraction of sp³-hybridized carbons (Fsp3) is 0.294. The molecule has 0 aliphatic carbocycles. The fourth-order valence-electron chi connectivity index (χ4n) is 1.73. The molecule has 0 saturated heterocycles. The molecule has 1 aromatic rings. The number of allylic oxidation sites excluding steroid dienone is 3. The Kier molecular flexibility index (Phi) is 7.58. The molecular weight excluding hydrogens is 268 g/mol. The van der Waals surface area contributed by atoms with Crippen LogP contribution in [0, 0.1) is 0 Å². The van der Waals surface area contributed by atoms with Gasteiger partial charge in [-0.3, -0.25) is 9.59 Å². The minimum atomic E-state index is -0.283. The van der Waals surface area contributed by atoms with Crippen molar-refractivity contribution in [2.75, 3.05) is 7.11 Å². The van der Waals surface area contributed by atoms with Crippen LogP contribution in [0.3, 0.4) is 0 Å². The van der Waals surface area contributed by atoms with Gasteiger partial charge in [0.25, 0.3) is 0 Å². The van der Waals surface area contributed by atoms with E-state index in [-0.39, 0.29) is 5.97 Å². The van der Waals surface area contributed by atoms with Crippen LogP contribution in [0.4, 0.5) is 0 Å². The molecule has 0 fully saturated rings. The van der Waals surface area contributed by atoms with Crippen molar-refractivity contribution >= 4 is 18.3 Å². The van der Waals surface area contributed by atoms with Gasteiger partial charge in [-0.15, -0.1) is 0 Å². The molecule has 0 aromatic heterocycles. The van der Waals surface area contributed by atoms with Gasteiger partial charge in [0.1, 0.15) is 6.29 Å². The summed E-state index contributed by atoms with van der Waals surface area (Å²) in [6, 6.07) is 5.13. The smallest absolute Gasteiger partial charge is 0.311 e. The van der Waals surface area contributed by atoms with Gasteiger partial charge in [-0.05, 0) is 43.5 Å². The second kappa shape index (κ2) is 9.53. The molecule has 0 heterocycles. The predicted molar refractivity (Wildman–Crippen MR) is 82.4 cm³/mol. The second-order valence-electron chi connectivity index (χ2n) is 4.34. The van der Waals surface area contributed by atoms with Crippen LogP contribution >= 0.6 is 0 Å². The molecule has 21 heavy (non-hydrogen) atoms. The van der Waals surface area contributed by atoms with Crippen molar-refractivity contribution in [3.05, 3.63) is 42.0 Å². The maximum atomic E-state index is 11.7. The Morgan fingerprint density at radius 1 is 1.29 bits per heavy atom. The summed E-state index contributed by atoms with van der Waals surface area (Å²) < 4.78 is 10.5. The van der Waals surface area contributed by atoms with Crippen LogP contribution in [0.1, 0.15) is 31.7 Å². The highest BCUT2D eigenvalue weighted by atomic mass is 16.6. The van der Waals surface area contributed by atoms with E-state index < -0.39 is 0 Å². The lowest BCUT2D eigenvalue weighted by molar-refractivity contribution is -0.134. The summed E-state index contributed by atoms with van der Waals surface area (Å²) >= 11 is 0. The van der Waals surface area contributed by atoms with E-state index in [0.29, 0.717) is 24.2 Å². The van der Waals surface area contributed by atoms with Crippen molar-refractivity contribution in [1.29, 1.82) is 0 Å².